The summed E-state index contributed by atoms with van der Waals surface area (Å²) < 4.78 is 119. The molecule has 16 heteroatoms. The van der Waals surface area contributed by atoms with E-state index < -0.39 is 66.2 Å². The summed E-state index contributed by atoms with van der Waals surface area (Å²) in [6, 6.07) is 3.09. The summed E-state index contributed by atoms with van der Waals surface area (Å²) in [5.41, 5.74) is -1.15. The van der Waals surface area contributed by atoms with Gasteiger partial charge < -0.3 is 15.4 Å². The van der Waals surface area contributed by atoms with Crippen LogP contribution >= 0.6 is 0 Å². The van der Waals surface area contributed by atoms with Crippen LogP contribution in [0, 0.1) is 12.8 Å². The monoisotopic (exact) mass is 560 g/mol. The fourth-order valence-corrected chi connectivity index (χ4v) is 4.07. The molecule has 0 saturated heterocycles. The summed E-state index contributed by atoms with van der Waals surface area (Å²) >= 11 is 0. The molecule has 210 valence electrons. The van der Waals surface area contributed by atoms with Gasteiger partial charge in [0.15, 0.2) is 5.82 Å². The summed E-state index contributed by atoms with van der Waals surface area (Å²) in [4.78, 5) is 25.7. The lowest BCUT2D eigenvalue weighted by Crippen LogP contribution is -2.40. The molecule has 1 heterocycles. The van der Waals surface area contributed by atoms with E-state index in [9.17, 15) is 49.1 Å². The average Bonchev–Trinajstić information content (AvgIpc) is 3.05. The van der Waals surface area contributed by atoms with Gasteiger partial charge in [-0.2, -0.15) is 31.4 Å². The molecule has 7 nitrogen and oxygen atoms in total. The number of benzene rings is 1. The van der Waals surface area contributed by atoms with Gasteiger partial charge in [0.1, 0.15) is 17.9 Å². The molecule has 1 aliphatic carbocycles. The molecule has 2 N–H and O–H groups in total. The van der Waals surface area contributed by atoms with Crippen molar-refractivity contribution in [2.45, 2.75) is 63.9 Å². The van der Waals surface area contributed by atoms with Gasteiger partial charge in [0.05, 0.1) is 11.6 Å². The van der Waals surface area contributed by atoms with Crippen molar-refractivity contribution in [2.24, 2.45) is 5.92 Å². The Labute approximate surface area is 209 Å². The number of anilines is 1. The second kappa shape index (κ2) is 10.7. The van der Waals surface area contributed by atoms with E-state index in [1.54, 1.807) is 0 Å². The first-order chi connectivity index (χ1) is 17.4. The Balaban J connectivity index is 1.84. The molecule has 0 radical (unpaired) electrons. The Hall–Kier alpha value is -3.46. The van der Waals surface area contributed by atoms with E-state index in [1.165, 1.54) is 0 Å². The minimum Gasteiger partial charge on any atom is -0.406 e. The molecular formula is C22H21F9N4O3. The third-order valence-electron chi connectivity index (χ3n) is 5.85. The second-order valence-corrected chi connectivity index (χ2v) is 8.68. The molecule has 1 aromatic heterocycles. The molecule has 0 bridgehead atoms. The Morgan fingerprint density at radius 3 is 2.18 bits per heavy atom. The van der Waals surface area contributed by atoms with Crippen molar-refractivity contribution in [1.82, 2.24) is 15.1 Å². The van der Waals surface area contributed by atoms with Crippen LogP contribution in [-0.2, 0) is 6.54 Å². The van der Waals surface area contributed by atoms with Crippen molar-refractivity contribution in [2.75, 3.05) is 5.32 Å². The third-order valence-corrected chi connectivity index (χ3v) is 5.85. The number of alkyl halides is 9. The maximum Gasteiger partial charge on any atom is 0.573 e. The van der Waals surface area contributed by atoms with Crippen molar-refractivity contribution < 1.29 is 53.8 Å². The topological polar surface area (TPSA) is 85.2 Å². The molecule has 0 aliphatic heterocycles. The molecule has 1 aliphatic rings. The Morgan fingerprint density at radius 1 is 1.00 bits per heavy atom. The first-order valence-electron chi connectivity index (χ1n) is 11.1. The molecule has 0 spiro atoms. The molecule has 3 rings (SSSR count). The van der Waals surface area contributed by atoms with Crippen LogP contribution in [0.15, 0.2) is 24.3 Å². The minimum atomic E-state index is -5.05. The lowest BCUT2D eigenvalue weighted by Gasteiger charge is -2.30. The van der Waals surface area contributed by atoms with Gasteiger partial charge in [0.25, 0.3) is 11.8 Å². The zero-order valence-corrected chi connectivity index (χ0v) is 19.5. The zero-order chi connectivity index (χ0) is 28.5. The van der Waals surface area contributed by atoms with Crippen LogP contribution in [0.1, 0.15) is 52.1 Å². The quantitative estimate of drug-likeness (QED) is 0.441. The summed E-state index contributed by atoms with van der Waals surface area (Å²) in [5, 5.41) is 8.24. The summed E-state index contributed by atoms with van der Waals surface area (Å²) in [6.45, 7) is -0.498. The van der Waals surface area contributed by atoms with Crippen molar-refractivity contribution in [3.05, 3.63) is 41.1 Å². The second-order valence-electron chi connectivity index (χ2n) is 8.68. The fraction of sp³-hybridized carbons (Fsp3) is 0.500. The number of amides is 2. The van der Waals surface area contributed by atoms with E-state index >= 15 is 0 Å². The summed E-state index contributed by atoms with van der Waals surface area (Å²) in [6.07, 6.45) is -14.7. The molecule has 1 aromatic carbocycles. The smallest absolute Gasteiger partial charge is 0.406 e. The van der Waals surface area contributed by atoms with Crippen LogP contribution in [-0.4, -0.2) is 46.4 Å². The number of hydrogen-bond acceptors (Lipinski definition) is 4. The maximum absolute atomic E-state index is 13.0. The van der Waals surface area contributed by atoms with Crippen LogP contribution in [0.4, 0.5) is 45.3 Å². The van der Waals surface area contributed by atoms with Crippen molar-refractivity contribution in [3.8, 4) is 5.75 Å². The number of nitrogens with one attached hydrogen (secondary N) is 2. The van der Waals surface area contributed by atoms with Gasteiger partial charge in [-0.3, -0.25) is 14.3 Å². The molecular weight excluding hydrogens is 539 g/mol. The van der Waals surface area contributed by atoms with Gasteiger partial charge >= 0.3 is 18.7 Å². The van der Waals surface area contributed by atoms with Gasteiger partial charge in [-0.05, 0) is 50.8 Å². The highest BCUT2D eigenvalue weighted by Gasteiger charge is 2.42. The number of nitrogens with zero attached hydrogens (tertiary/aromatic N) is 2. The van der Waals surface area contributed by atoms with E-state index in [4.69, 9.17) is 0 Å². The van der Waals surface area contributed by atoms with E-state index in [0.717, 1.165) is 31.2 Å². The van der Waals surface area contributed by atoms with Crippen molar-refractivity contribution in [1.29, 1.82) is 0 Å². The lowest BCUT2D eigenvalue weighted by molar-refractivity contribution is -0.274. The number of carbonyl (C=O) groups is 2. The lowest BCUT2D eigenvalue weighted by atomic mass is 9.85. The number of halogens is 9. The zero-order valence-electron chi connectivity index (χ0n) is 19.5. The molecule has 0 unspecified atom stereocenters. The molecule has 2 amide bonds. The number of hydrogen-bond donors (Lipinski definition) is 2. The predicted octanol–water partition coefficient (Wildman–Crippen LogP) is 5.76. The van der Waals surface area contributed by atoms with E-state index in [0.29, 0.717) is 4.68 Å². The fourth-order valence-electron chi connectivity index (χ4n) is 4.07. The van der Waals surface area contributed by atoms with Gasteiger partial charge in [-0.1, -0.05) is 6.07 Å². The third kappa shape index (κ3) is 7.77. The van der Waals surface area contributed by atoms with Gasteiger partial charge in [0.2, 0.25) is 0 Å². The number of rotatable bonds is 6. The molecule has 2 aromatic rings. The van der Waals surface area contributed by atoms with E-state index in [2.05, 4.69) is 20.5 Å². The number of aromatic nitrogens is 2. The van der Waals surface area contributed by atoms with Crippen molar-refractivity contribution >= 4 is 17.6 Å². The first kappa shape index (κ1) is 29.1. The maximum atomic E-state index is 13.0. The van der Waals surface area contributed by atoms with Crippen LogP contribution in [0.5, 0.6) is 5.75 Å². The first-order valence-corrected chi connectivity index (χ1v) is 11.1. The van der Waals surface area contributed by atoms with Crippen LogP contribution < -0.4 is 15.4 Å². The van der Waals surface area contributed by atoms with Gasteiger partial charge in [-0.15, -0.1) is 13.2 Å². The van der Waals surface area contributed by atoms with Crippen LogP contribution in [0.25, 0.3) is 0 Å². The summed E-state index contributed by atoms with van der Waals surface area (Å²) in [5.74, 6) is -4.96. The van der Waals surface area contributed by atoms with Crippen LogP contribution in [0.2, 0.25) is 0 Å². The SMILES string of the molecule is Cc1c(C(=O)NC2CCC(C(F)(F)F)CC2)c(NC(=O)c2cccc(OC(F)(F)F)c2)nn1CC(F)(F)F. The molecule has 0 atom stereocenters. The molecule has 1 fully saturated rings. The Kier molecular flexibility index (Phi) is 8.21. The normalized spacial score (nSPS) is 18.7. The van der Waals surface area contributed by atoms with Gasteiger partial charge in [0, 0.05) is 11.6 Å². The van der Waals surface area contributed by atoms with Crippen LogP contribution in [0.3, 0.4) is 0 Å². The molecule has 1 saturated carbocycles. The minimum absolute atomic E-state index is 0.0284. The van der Waals surface area contributed by atoms with E-state index in [1.807, 2.05) is 0 Å². The van der Waals surface area contributed by atoms with Gasteiger partial charge in [-0.25, -0.2) is 0 Å². The number of ether oxygens (including phenoxy) is 1. The average molecular weight is 560 g/mol. The highest BCUT2D eigenvalue weighted by molar-refractivity contribution is 6.08. The molecule has 38 heavy (non-hydrogen) atoms. The predicted molar refractivity (Wildman–Crippen MR) is 113 cm³/mol. The Morgan fingerprint density at radius 2 is 1.63 bits per heavy atom. The highest BCUT2D eigenvalue weighted by Crippen LogP contribution is 2.37. The largest absolute Gasteiger partial charge is 0.573 e. The highest BCUT2D eigenvalue weighted by atomic mass is 19.4. The number of carbonyl (C=O) groups excluding carboxylic acids is 2. The van der Waals surface area contributed by atoms with Crippen molar-refractivity contribution in [3.63, 3.8) is 0 Å². The summed E-state index contributed by atoms with van der Waals surface area (Å²) in [7, 11) is 0. The standard InChI is InChI=1S/C22H21F9N4O3/c1-11-16(19(37)32-14-7-5-13(6-8-14)21(26,27)28)17(34-35(11)10-20(23,24)25)33-18(36)12-3-2-4-15(9-12)38-22(29,30)31/h2-4,9,13-14H,5-8,10H2,1H3,(H,32,37)(H,33,34,36). The van der Waals surface area contributed by atoms with E-state index in [-0.39, 0.29) is 36.9 Å². The Bertz CT molecular complexity index is 1160.